The molecule has 1 heterocycles. The summed E-state index contributed by atoms with van der Waals surface area (Å²) >= 11 is 0. The first kappa shape index (κ1) is 15.0. The molecule has 0 saturated carbocycles. The van der Waals surface area contributed by atoms with Crippen LogP contribution < -0.4 is 0 Å². The Kier molecular flexibility index (Phi) is 5.63. The van der Waals surface area contributed by atoms with Gasteiger partial charge in [-0.1, -0.05) is 13.8 Å². The predicted octanol–water partition coefficient (Wildman–Crippen LogP) is 1.89. The Labute approximate surface area is 110 Å². The number of likely N-dealkylation sites (tertiary alicyclic amines) is 1. The van der Waals surface area contributed by atoms with Gasteiger partial charge in [-0.05, 0) is 26.7 Å². The van der Waals surface area contributed by atoms with Crippen molar-refractivity contribution in [2.75, 3.05) is 19.6 Å². The summed E-state index contributed by atoms with van der Waals surface area (Å²) in [4.78, 5) is 27.9. The molecule has 0 unspecified atom stereocenters. The van der Waals surface area contributed by atoms with E-state index in [9.17, 15) is 9.59 Å². The van der Waals surface area contributed by atoms with E-state index in [-0.39, 0.29) is 23.8 Å². The van der Waals surface area contributed by atoms with Crippen molar-refractivity contribution in [3.8, 4) is 0 Å². The third-order valence-corrected chi connectivity index (χ3v) is 3.43. The second-order valence-electron chi connectivity index (χ2n) is 5.37. The first-order valence-electron chi connectivity index (χ1n) is 7.09. The molecule has 1 fully saturated rings. The van der Waals surface area contributed by atoms with Crippen LogP contribution in [0.4, 0.5) is 0 Å². The molecule has 2 amide bonds. The third-order valence-electron chi connectivity index (χ3n) is 3.43. The summed E-state index contributed by atoms with van der Waals surface area (Å²) in [7, 11) is 0. The molecule has 4 heteroatoms. The maximum absolute atomic E-state index is 12.4. The lowest BCUT2D eigenvalue weighted by Gasteiger charge is -2.25. The Morgan fingerprint density at radius 3 is 2.28 bits per heavy atom. The van der Waals surface area contributed by atoms with Crippen LogP contribution in [-0.4, -0.2) is 47.3 Å². The van der Waals surface area contributed by atoms with Gasteiger partial charge in [0, 0.05) is 32.1 Å². The number of rotatable bonds is 6. The summed E-state index contributed by atoms with van der Waals surface area (Å²) < 4.78 is 0. The fourth-order valence-electron chi connectivity index (χ4n) is 2.53. The second-order valence-corrected chi connectivity index (χ2v) is 5.37. The topological polar surface area (TPSA) is 40.6 Å². The van der Waals surface area contributed by atoms with Gasteiger partial charge >= 0.3 is 0 Å². The van der Waals surface area contributed by atoms with Crippen LogP contribution in [0.15, 0.2) is 0 Å². The number of hydrogen-bond acceptors (Lipinski definition) is 2. The van der Waals surface area contributed by atoms with Crippen LogP contribution in [0.3, 0.4) is 0 Å². The minimum atomic E-state index is -0.127. The molecule has 0 bridgehead atoms. The molecule has 1 aliphatic rings. The Morgan fingerprint density at radius 2 is 1.89 bits per heavy atom. The molecule has 1 saturated heterocycles. The highest BCUT2D eigenvalue weighted by molar-refractivity contribution is 5.89. The molecule has 1 aliphatic heterocycles. The van der Waals surface area contributed by atoms with E-state index in [4.69, 9.17) is 0 Å². The van der Waals surface area contributed by atoms with Crippen molar-refractivity contribution in [3.05, 3.63) is 0 Å². The molecule has 0 radical (unpaired) electrons. The van der Waals surface area contributed by atoms with Gasteiger partial charge in [-0.25, -0.2) is 0 Å². The number of carbonyl (C=O) groups is 2. The number of hydrogen-bond donors (Lipinski definition) is 0. The smallest absolute Gasteiger partial charge is 0.227 e. The van der Waals surface area contributed by atoms with Crippen molar-refractivity contribution in [2.45, 2.75) is 53.0 Å². The standard InChI is InChI=1S/C14H26N2O2/c1-5-7-15(8-6-2)14(18)12-9-13(17)16(10-12)11(3)4/h11-12H,5-10H2,1-4H3/t12-/m1/s1. The van der Waals surface area contributed by atoms with Crippen molar-refractivity contribution in [1.82, 2.24) is 9.80 Å². The normalized spacial score (nSPS) is 19.7. The predicted molar refractivity (Wildman–Crippen MR) is 72.1 cm³/mol. The second kappa shape index (κ2) is 6.76. The molecular formula is C14H26N2O2. The SMILES string of the molecule is CCCN(CCC)C(=O)[C@@H]1CC(=O)N(C(C)C)C1. The van der Waals surface area contributed by atoms with Gasteiger partial charge in [0.15, 0.2) is 0 Å². The Hall–Kier alpha value is -1.06. The molecule has 0 aromatic rings. The summed E-state index contributed by atoms with van der Waals surface area (Å²) in [5.41, 5.74) is 0. The lowest BCUT2D eigenvalue weighted by molar-refractivity contribution is -0.136. The van der Waals surface area contributed by atoms with Gasteiger partial charge in [0.1, 0.15) is 0 Å². The van der Waals surface area contributed by atoms with Gasteiger partial charge in [0.05, 0.1) is 5.92 Å². The van der Waals surface area contributed by atoms with E-state index in [0.29, 0.717) is 13.0 Å². The van der Waals surface area contributed by atoms with Crippen molar-refractivity contribution in [2.24, 2.45) is 5.92 Å². The molecule has 18 heavy (non-hydrogen) atoms. The fourth-order valence-corrected chi connectivity index (χ4v) is 2.53. The van der Waals surface area contributed by atoms with Gasteiger partial charge in [-0.2, -0.15) is 0 Å². The molecule has 1 atom stereocenters. The van der Waals surface area contributed by atoms with Crippen LogP contribution in [0, 0.1) is 5.92 Å². The molecule has 0 N–H and O–H groups in total. The fraction of sp³-hybridized carbons (Fsp3) is 0.857. The van der Waals surface area contributed by atoms with E-state index in [1.807, 2.05) is 23.6 Å². The average Bonchev–Trinajstić information content (AvgIpc) is 2.70. The molecule has 0 aliphatic carbocycles. The van der Waals surface area contributed by atoms with Crippen LogP contribution in [-0.2, 0) is 9.59 Å². The van der Waals surface area contributed by atoms with Crippen LogP contribution in [0.2, 0.25) is 0 Å². The number of amides is 2. The number of carbonyl (C=O) groups excluding carboxylic acids is 2. The molecule has 0 aromatic heterocycles. The average molecular weight is 254 g/mol. The molecule has 4 nitrogen and oxygen atoms in total. The van der Waals surface area contributed by atoms with E-state index in [2.05, 4.69) is 13.8 Å². The minimum Gasteiger partial charge on any atom is -0.342 e. The van der Waals surface area contributed by atoms with Gasteiger partial charge in [0.25, 0.3) is 0 Å². The minimum absolute atomic E-state index is 0.122. The molecule has 1 rings (SSSR count). The van der Waals surface area contributed by atoms with E-state index in [1.165, 1.54) is 0 Å². The zero-order chi connectivity index (χ0) is 13.7. The first-order chi connectivity index (χ1) is 8.51. The van der Waals surface area contributed by atoms with E-state index < -0.39 is 0 Å². The molecule has 0 spiro atoms. The monoisotopic (exact) mass is 254 g/mol. The Morgan fingerprint density at radius 1 is 1.33 bits per heavy atom. The van der Waals surface area contributed by atoms with E-state index in [0.717, 1.165) is 25.9 Å². The van der Waals surface area contributed by atoms with Crippen LogP contribution >= 0.6 is 0 Å². The maximum Gasteiger partial charge on any atom is 0.227 e. The lowest BCUT2D eigenvalue weighted by atomic mass is 10.1. The maximum atomic E-state index is 12.4. The van der Waals surface area contributed by atoms with Crippen molar-refractivity contribution < 1.29 is 9.59 Å². The van der Waals surface area contributed by atoms with Crippen molar-refractivity contribution >= 4 is 11.8 Å². The van der Waals surface area contributed by atoms with Gasteiger partial charge < -0.3 is 9.80 Å². The van der Waals surface area contributed by atoms with E-state index in [1.54, 1.807) is 0 Å². The van der Waals surface area contributed by atoms with Crippen molar-refractivity contribution in [3.63, 3.8) is 0 Å². The van der Waals surface area contributed by atoms with Crippen LogP contribution in [0.1, 0.15) is 47.0 Å². The first-order valence-corrected chi connectivity index (χ1v) is 7.09. The van der Waals surface area contributed by atoms with Crippen LogP contribution in [0.5, 0.6) is 0 Å². The summed E-state index contributed by atoms with van der Waals surface area (Å²) in [6.45, 7) is 10.4. The summed E-state index contributed by atoms with van der Waals surface area (Å²) in [6, 6.07) is 0.195. The lowest BCUT2D eigenvalue weighted by Crippen LogP contribution is -2.39. The highest BCUT2D eigenvalue weighted by atomic mass is 16.2. The van der Waals surface area contributed by atoms with Gasteiger partial charge in [-0.3, -0.25) is 9.59 Å². The van der Waals surface area contributed by atoms with Crippen molar-refractivity contribution in [1.29, 1.82) is 0 Å². The van der Waals surface area contributed by atoms with E-state index >= 15 is 0 Å². The van der Waals surface area contributed by atoms with Crippen LogP contribution in [0.25, 0.3) is 0 Å². The Bertz CT molecular complexity index is 296. The summed E-state index contributed by atoms with van der Waals surface area (Å²) in [6.07, 6.45) is 2.33. The summed E-state index contributed by atoms with van der Waals surface area (Å²) in [5.74, 6) is 0.157. The quantitative estimate of drug-likeness (QED) is 0.726. The molecular weight excluding hydrogens is 228 g/mol. The zero-order valence-electron chi connectivity index (χ0n) is 12.1. The summed E-state index contributed by atoms with van der Waals surface area (Å²) in [5, 5.41) is 0. The molecule has 104 valence electrons. The Balaban J connectivity index is 2.64. The number of nitrogens with zero attached hydrogens (tertiary/aromatic N) is 2. The molecule has 0 aromatic carbocycles. The highest BCUT2D eigenvalue weighted by Crippen LogP contribution is 2.22. The third kappa shape index (κ3) is 3.47. The zero-order valence-corrected chi connectivity index (χ0v) is 12.1. The largest absolute Gasteiger partial charge is 0.342 e. The highest BCUT2D eigenvalue weighted by Gasteiger charge is 2.37. The van der Waals surface area contributed by atoms with Gasteiger partial charge in [-0.15, -0.1) is 0 Å². The van der Waals surface area contributed by atoms with Gasteiger partial charge in [0.2, 0.25) is 11.8 Å².